The van der Waals surface area contributed by atoms with E-state index in [1.54, 1.807) is 30.3 Å². The number of benzene rings is 1. The summed E-state index contributed by atoms with van der Waals surface area (Å²) in [6.07, 6.45) is -5.32. The van der Waals surface area contributed by atoms with Gasteiger partial charge in [0.2, 0.25) is 11.7 Å². The van der Waals surface area contributed by atoms with Crippen LogP contribution in [0.15, 0.2) is 41.1 Å². The minimum Gasteiger partial charge on any atom is -0.479 e. The quantitative estimate of drug-likeness (QED) is 0.603. The summed E-state index contributed by atoms with van der Waals surface area (Å²) < 4.78 is 53.3. The van der Waals surface area contributed by atoms with Crippen LogP contribution in [0, 0.1) is 6.92 Å². The first-order valence-electron chi connectivity index (χ1n) is 7.55. The van der Waals surface area contributed by atoms with Crippen molar-refractivity contribution in [3.8, 4) is 11.5 Å². The minimum atomic E-state index is -4.83. The Hall–Kier alpha value is -2.18. The summed E-state index contributed by atoms with van der Waals surface area (Å²) in [6.45, 7) is 1.53. The highest BCUT2D eigenvalue weighted by molar-refractivity contribution is 7.86. The van der Waals surface area contributed by atoms with Crippen molar-refractivity contribution in [2.24, 2.45) is 0 Å². The van der Waals surface area contributed by atoms with Gasteiger partial charge in [-0.25, -0.2) is 0 Å². The zero-order valence-electron chi connectivity index (χ0n) is 13.5. The Labute approximate surface area is 148 Å². The number of para-hydroxylation sites is 1. The summed E-state index contributed by atoms with van der Waals surface area (Å²) >= 11 is 0. The van der Waals surface area contributed by atoms with Crippen molar-refractivity contribution < 1.29 is 41.9 Å². The van der Waals surface area contributed by atoms with Gasteiger partial charge in [0.1, 0.15) is 18.1 Å². The monoisotopic (exact) mass is 387 g/mol. The molecule has 0 bridgehead atoms. The zero-order chi connectivity index (χ0) is 18.9. The molecule has 10 nitrogen and oxygen atoms in total. The van der Waals surface area contributed by atoms with E-state index in [9.17, 15) is 23.2 Å². The van der Waals surface area contributed by atoms with Crippen molar-refractivity contribution in [1.82, 2.24) is 5.16 Å². The lowest BCUT2D eigenvalue weighted by atomic mass is 10.0. The van der Waals surface area contributed by atoms with Crippen molar-refractivity contribution in [3.05, 3.63) is 42.3 Å². The standard InChI is InChI=1S/C15H17NO9S/c1-8-10(7-16-25-8)23-13-11(17)14(22-9-5-3-2-4-6-9)24-15(12(13)18)26(19,20)21/h2-7,11-15,17-18H,1H3,(H,19,20,21)/t11-,12+,13-,14-,15?/m1/s1. The number of ether oxygens (including phenoxy) is 3. The van der Waals surface area contributed by atoms with Gasteiger partial charge in [-0.1, -0.05) is 23.4 Å². The molecule has 1 saturated heterocycles. The number of hydrogen-bond donors (Lipinski definition) is 3. The van der Waals surface area contributed by atoms with Gasteiger partial charge in [0.05, 0.1) is 0 Å². The van der Waals surface area contributed by atoms with Crippen LogP contribution in [0.4, 0.5) is 0 Å². The predicted molar refractivity (Wildman–Crippen MR) is 84.9 cm³/mol. The molecular formula is C15H17NO9S. The molecule has 1 aromatic heterocycles. The van der Waals surface area contributed by atoms with E-state index in [0.717, 1.165) is 0 Å². The number of rotatable bonds is 5. The van der Waals surface area contributed by atoms with Gasteiger partial charge in [0.25, 0.3) is 10.1 Å². The van der Waals surface area contributed by atoms with E-state index in [-0.39, 0.29) is 17.3 Å². The largest absolute Gasteiger partial charge is 0.479 e. The Morgan fingerprint density at radius 2 is 1.81 bits per heavy atom. The second kappa shape index (κ2) is 7.21. The fraction of sp³-hybridized carbons (Fsp3) is 0.400. The van der Waals surface area contributed by atoms with E-state index >= 15 is 0 Å². The van der Waals surface area contributed by atoms with Crippen LogP contribution in [0.3, 0.4) is 0 Å². The predicted octanol–water partition coefficient (Wildman–Crippen LogP) is 0.101. The van der Waals surface area contributed by atoms with Crippen LogP contribution in [0.1, 0.15) is 5.76 Å². The van der Waals surface area contributed by atoms with Gasteiger partial charge < -0.3 is 28.9 Å². The number of nitrogens with zero attached hydrogens (tertiary/aromatic N) is 1. The summed E-state index contributed by atoms with van der Waals surface area (Å²) in [5, 5.41) is 24.2. The van der Waals surface area contributed by atoms with Gasteiger partial charge in [-0.15, -0.1) is 0 Å². The molecule has 2 heterocycles. The molecule has 0 aliphatic carbocycles. The molecule has 5 atom stereocenters. The molecule has 3 N–H and O–H groups in total. The molecule has 26 heavy (non-hydrogen) atoms. The Morgan fingerprint density at radius 1 is 1.12 bits per heavy atom. The first-order valence-corrected chi connectivity index (χ1v) is 9.05. The van der Waals surface area contributed by atoms with E-state index in [2.05, 4.69) is 5.16 Å². The summed E-state index contributed by atoms with van der Waals surface area (Å²) in [6, 6.07) is 8.17. The van der Waals surface area contributed by atoms with Crippen molar-refractivity contribution in [2.75, 3.05) is 0 Å². The first kappa shape index (κ1) is 18.6. The van der Waals surface area contributed by atoms with Gasteiger partial charge in [-0.3, -0.25) is 4.55 Å². The molecule has 2 aromatic rings. The fourth-order valence-corrected chi connectivity index (χ4v) is 3.23. The maximum absolute atomic E-state index is 11.6. The van der Waals surface area contributed by atoms with E-state index in [0.29, 0.717) is 0 Å². The normalized spacial score (nSPS) is 29.3. The highest BCUT2D eigenvalue weighted by Gasteiger charge is 2.52. The third kappa shape index (κ3) is 3.81. The maximum atomic E-state index is 11.6. The Morgan fingerprint density at radius 3 is 2.38 bits per heavy atom. The molecule has 1 fully saturated rings. The first-order chi connectivity index (χ1) is 12.3. The van der Waals surface area contributed by atoms with Crippen molar-refractivity contribution in [1.29, 1.82) is 0 Å². The molecule has 3 rings (SSSR count). The van der Waals surface area contributed by atoms with Crippen LogP contribution >= 0.6 is 0 Å². The molecule has 1 unspecified atom stereocenters. The summed E-state index contributed by atoms with van der Waals surface area (Å²) in [4.78, 5) is 0. The molecular weight excluding hydrogens is 370 g/mol. The molecule has 0 saturated carbocycles. The minimum absolute atomic E-state index is 0.0857. The topological polar surface area (TPSA) is 149 Å². The molecule has 0 radical (unpaired) electrons. The number of aliphatic hydroxyl groups excluding tert-OH is 2. The van der Waals surface area contributed by atoms with Gasteiger partial charge >= 0.3 is 0 Å². The molecule has 142 valence electrons. The molecule has 11 heteroatoms. The number of hydrogen-bond acceptors (Lipinski definition) is 9. The Kier molecular flexibility index (Phi) is 5.16. The fourth-order valence-electron chi connectivity index (χ4n) is 2.47. The average molecular weight is 387 g/mol. The van der Waals surface area contributed by atoms with Gasteiger partial charge in [-0.05, 0) is 12.1 Å². The molecule has 1 aliphatic rings. The summed E-state index contributed by atoms with van der Waals surface area (Å²) in [5.41, 5.74) is -2.08. The van der Waals surface area contributed by atoms with Crippen LogP contribution in [0.2, 0.25) is 0 Å². The third-order valence-corrected chi connectivity index (χ3v) is 4.73. The number of aryl methyl sites for hydroxylation is 1. The average Bonchev–Trinajstić information content (AvgIpc) is 2.99. The lowest BCUT2D eigenvalue weighted by molar-refractivity contribution is -0.249. The second-order valence-corrected chi connectivity index (χ2v) is 7.12. The van der Waals surface area contributed by atoms with Crippen LogP contribution < -0.4 is 9.47 Å². The third-order valence-electron chi connectivity index (χ3n) is 3.76. The molecule has 0 amide bonds. The molecule has 0 spiro atoms. The van der Waals surface area contributed by atoms with Crippen molar-refractivity contribution in [3.63, 3.8) is 0 Å². The van der Waals surface area contributed by atoms with E-state index in [1.807, 2.05) is 0 Å². The van der Waals surface area contributed by atoms with Crippen LogP contribution in [0.5, 0.6) is 11.5 Å². The molecule has 1 aliphatic heterocycles. The van der Waals surface area contributed by atoms with Gasteiger partial charge in [-0.2, -0.15) is 8.42 Å². The van der Waals surface area contributed by atoms with Crippen molar-refractivity contribution in [2.45, 2.75) is 37.0 Å². The molecule has 1 aromatic carbocycles. The van der Waals surface area contributed by atoms with E-state index < -0.39 is 40.2 Å². The Bertz CT molecular complexity index is 838. The second-order valence-electron chi connectivity index (χ2n) is 5.63. The summed E-state index contributed by atoms with van der Waals surface area (Å²) in [7, 11) is -4.83. The van der Waals surface area contributed by atoms with E-state index in [4.69, 9.17) is 18.7 Å². The van der Waals surface area contributed by atoms with E-state index in [1.165, 1.54) is 13.1 Å². The Balaban J connectivity index is 1.89. The van der Waals surface area contributed by atoms with Crippen LogP contribution in [-0.2, 0) is 14.9 Å². The van der Waals surface area contributed by atoms with Gasteiger partial charge in [0, 0.05) is 6.92 Å². The zero-order valence-corrected chi connectivity index (χ0v) is 14.3. The summed E-state index contributed by atoms with van der Waals surface area (Å²) in [5.74, 6) is 0.615. The number of aromatic nitrogens is 1. The van der Waals surface area contributed by atoms with Gasteiger partial charge in [0.15, 0.2) is 23.7 Å². The smallest absolute Gasteiger partial charge is 0.295 e. The lowest BCUT2D eigenvalue weighted by Gasteiger charge is -2.40. The van der Waals surface area contributed by atoms with Crippen LogP contribution in [0.25, 0.3) is 0 Å². The highest BCUT2D eigenvalue weighted by atomic mass is 32.2. The maximum Gasteiger partial charge on any atom is 0.295 e. The number of aliphatic hydroxyl groups is 2. The van der Waals surface area contributed by atoms with Crippen LogP contribution in [-0.4, -0.2) is 58.4 Å². The lowest BCUT2D eigenvalue weighted by Crippen LogP contribution is -2.62. The SMILES string of the molecule is Cc1oncc1O[C@@H]1[C@@H](O)[C@H](Oc2ccccc2)OC(S(=O)(=O)O)[C@H]1O. The highest BCUT2D eigenvalue weighted by Crippen LogP contribution is 2.30. The van der Waals surface area contributed by atoms with Crippen molar-refractivity contribution >= 4 is 10.1 Å².